The highest BCUT2D eigenvalue weighted by Crippen LogP contribution is 2.03. The monoisotopic (exact) mass is 311 g/mol. The summed E-state index contributed by atoms with van der Waals surface area (Å²) in [7, 11) is -5.17. The van der Waals surface area contributed by atoms with E-state index in [0.717, 1.165) is 19.3 Å². The van der Waals surface area contributed by atoms with E-state index in [4.69, 9.17) is 17.5 Å². The Labute approximate surface area is 114 Å². The fourth-order valence-corrected chi connectivity index (χ4v) is 0.873. The molecule has 0 saturated carbocycles. The number of carboxylic acids is 1. The second-order valence-corrected chi connectivity index (χ2v) is 3.76. The maximum Gasteiger partial charge on any atom is 0.0414 e. The predicted molar refractivity (Wildman–Crippen MR) is 70.4 cm³/mol. The molecule has 0 aliphatic heterocycles. The molecule has 0 aromatic carbocycles. The highest BCUT2D eigenvalue weighted by molar-refractivity contribution is 7.79. The summed E-state index contributed by atoms with van der Waals surface area (Å²) in [6, 6.07) is 0. The van der Waals surface area contributed by atoms with Gasteiger partial charge in [0.05, 0.1) is 0 Å². The van der Waals surface area contributed by atoms with Crippen LogP contribution in [0.4, 0.5) is 0 Å². The van der Waals surface area contributed by atoms with Crippen LogP contribution in [0.15, 0.2) is 0 Å². The highest BCUT2D eigenvalue weighted by Gasteiger charge is 1.88. The summed E-state index contributed by atoms with van der Waals surface area (Å²) in [4.78, 5) is 9.92. The molecule has 124 valence electrons. The lowest BCUT2D eigenvalue weighted by Gasteiger charge is -2.06. The first-order valence-corrected chi connectivity index (χ1v) is 5.97. The second kappa shape index (κ2) is 22.4. The molecule has 0 aromatic heterocycles. The van der Waals surface area contributed by atoms with Gasteiger partial charge in [-0.15, -0.1) is 0 Å². The lowest BCUT2D eigenvalue weighted by molar-refractivity contribution is -0.305. The van der Waals surface area contributed by atoms with Crippen LogP contribution in [0.3, 0.4) is 0 Å². The van der Waals surface area contributed by atoms with E-state index in [2.05, 4.69) is 6.92 Å². The number of rotatable bonds is 6. The predicted octanol–water partition coefficient (Wildman–Crippen LogP) is 0.0627. The van der Waals surface area contributed by atoms with Gasteiger partial charge in [-0.2, -0.15) is 0 Å². The topological polar surface area (TPSA) is 261 Å². The fourth-order valence-electron chi connectivity index (χ4n) is 0.873. The zero-order valence-corrected chi connectivity index (χ0v) is 12.9. The normalized spacial score (nSPS) is 8.16. The molecule has 0 atom stereocenters. The number of carboxylic acid groups (broad SMARTS) is 1. The molecule has 0 aliphatic carbocycles. The van der Waals surface area contributed by atoms with Crippen molar-refractivity contribution in [3.05, 3.63) is 0 Å². The Morgan fingerprint density at radius 3 is 1.53 bits per heavy atom. The Balaban J connectivity index is -0.0000000418. The van der Waals surface area contributed by atoms with E-state index in [0.29, 0.717) is 0 Å². The summed E-state index contributed by atoms with van der Waals surface area (Å²) in [5.41, 5.74) is 0. The molecule has 0 amide bonds. The average molecular weight is 311 g/mol. The van der Waals surface area contributed by atoms with Crippen molar-refractivity contribution in [2.75, 3.05) is 0 Å². The molecule has 0 rings (SSSR count). The molecular weight excluding hydrogens is 282 g/mol. The number of aliphatic carboxylic acids is 1. The van der Waals surface area contributed by atoms with Crippen LogP contribution in [0.1, 0.15) is 45.4 Å². The minimum atomic E-state index is -5.17. The minimum Gasteiger partial charge on any atom is -0.759 e. The zero-order chi connectivity index (χ0) is 12.3. The van der Waals surface area contributed by atoms with Crippen molar-refractivity contribution in [1.82, 2.24) is 18.5 Å². The van der Waals surface area contributed by atoms with Crippen molar-refractivity contribution >= 4 is 16.4 Å². The number of unbranched alkanes of at least 4 members (excludes halogenated alkanes) is 4. The van der Waals surface area contributed by atoms with Crippen LogP contribution in [0, 0.1) is 0 Å². The number of quaternary nitrogens is 3. The van der Waals surface area contributed by atoms with Gasteiger partial charge in [-0.1, -0.05) is 32.6 Å². The Morgan fingerprint density at radius 2 is 1.26 bits per heavy atom. The Bertz CT molecular complexity index is 251. The van der Waals surface area contributed by atoms with Crippen LogP contribution in [0.25, 0.3) is 0 Å². The molecule has 0 heterocycles. The number of hydrogen-bond donors (Lipinski definition) is 3. The number of carbonyl (C=O) groups is 1. The van der Waals surface area contributed by atoms with Gasteiger partial charge in [0.2, 0.25) is 0 Å². The lowest BCUT2D eigenvalue weighted by Crippen LogP contribution is -2.21. The van der Waals surface area contributed by atoms with Crippen LogP contribution in [-0.4, -0.2) is 29.0 Å². The first-order chi connectivity index (χ1) is 6.77. The largest absolute Gasteiger partial charge is 0.759 e. The molecule has 0 aliphatic rings. The Morgan fingerprint density at radius 1 is 0.947 bits per heavy atom. The second-order valence-electron chi connectivity index (χ2n) is 2.94. The third-order valence-corrected chi connectivity index (χ3v) is 1.48. The van der Waals surface area contributed by atoms with Crippen molar-refractivity contribution < 1.29 is 32.9 Å². The van der Waals surface area contributed by atoms with E-state index < -0.39 is 16.4 Å². The van der Waals surface area contributed by atoms with Gasteiger partial charge in [0, 0.05) is 16.4 Å². The maximum absolute atomic E-state index is 9.92. The molecule has 0 radical (unpaired) electrons. The summed E-state index contributed by atoms with van der Waals surface area (Å²) >= 11 is 0. The minimum absolute atomic E-state index is 0. The van der Waals surface area contributed by atoms with Crippen molar-refractivity contribution in [1.29, 1.82) is 0 Å². The molecule has 11 heteroatoms. The van der Waals surface area contributed by atoms with Crippen LogP contribution >= 0.6 is 0 Å². The zero-order valence-electron chi connectivity index (χ0n) is 12.1. The molecule has 0 unspecified atom stereocenters. The van der Waals surface area contributed by atoms with Gasteiger partial charge in [0.1, 0.15) is 0 Å². The Kier molecular flexibility index (Phi) is 42.6. The molecule has 14 N–H and O–H groups in total. The van der Waals surface area contributed by atoms with E-state index in [1.807, 2.05) is 0 Å². The van der Waals surface area contributed by atoms with E-state index in [1.54, 1.807) is 0 Å². The summed E-state index contributed by atoms with van der Waals surface area (Å²) in [5, 5.41) is 9.92. The molecule has 0 spiro atoms. The molecule has 0 fully saturated rings. The number of hydrogen-bond acceptors (Lipinski definition) is 6. The van der Waals surface area contributed by atoms with Gasteiger partial charge >= 0.3 is 0 Å². The van der Waals surface area contributed by atoms with Crippen LogP contribution < -0.4 is 23.6 Å². The SMILES string of the molecule is CCCCCCCC(=O)[O-].O.O=S(=O)([O-])[O-].[NH4+].[NH4+].[NH4+]. The van der Waals surface area contributed by atoms with E-state index in [-0.39, 0.29) is 30.3 Å². The van der Waals surface area contributed by atoms with Crippen LogP contribution in [0.5, 0.6) is 0 Å². The van der Waals surface area contributed by atoms with Gasteiger partial charge in [0.25, 0.3) is 0 Å². The third-order valence-electron chi connectivity index (χ3n) is 1.48. The molecule has 19 heavy (non-hydrogen) atoms. The summed E-state index contributed by atoms with van der Waals surface area (Å²) < 4.78 is 34.1. The highest BCUT2D eigenvalue weighted by atomic mass is 32.3. The first kappa shape index (κ1) is 36.2. The van der Waals surface area contributed by atoms with E-state index >= 15 is 0 Å². The standard InChI is InChI=1S/C8H16O2.3H3N.H2O4S.H2O/c1-2-3-4-5-6-7-8(9)10;;;;1-5(2,3)4;/h2-7H2,1H3,(H,9,10);3*1H3;(H2,1,2,3,4);1H2. The van der Waals surface area contributed by atoms with Crippen LogP contribution in [0.2, 0.25) is 0 Å². The van der Waals surface area contributed by atoms with Crippen molar-refractivity contribution in [3.8, 4) is 0 Å². The van der Waals surface area contributed by atoms with Crippen molar-refractivity contribution in [3.63, 3.8) is 0 Å². The summed E-state index contributed by atoms with van der Waals surface area (Å²) in [5.74, 6) is -0.920. The Hall–Kier alpha value is -0.820. The lowest BCUT2D eigenvalue weighted by atomic mass is 10.1. The van der Waals surface area contributed by atoms with Crippen molar-refractivity contribution in [2.24, 2.45) is 0 Å². The number of carbonyl (C=O) groups excluding carboxylic acids is 1. The van der Waals surface area contributed by atoms with Gasteiger partial charge in [0.15, 0.2) is 0 Å². The summed E-state index contributed by atoms with van der Waals surface area (Å²) in [6.07, 6.45) is 5.61. The third kappa shape index (κ3) is 104. The smallest absolute Gasteiger partial charge is 0.0414 e. The molecule has 0 aromatic rings. The maximum atomic E-state index is 9.92. The molecule has 0 saturated heterocycles. The quantitative estimate of drug-likeness (QED) is 0.346. The van der Waals surface area contributed by atoms with Crippen molar-refractivity contribution in [2.45, 2.75) is 45.4 Å². The first-order valence-electron chi connectivity index (χ1n) is 4.64. The molecule has 10 nitrogen and oxygen atoms in total. The molecule has 0 bridgehead atoms. The van der Waals surface area contributed by atoms with Crippen LogP contribution in [-0.2, 0) is 15.2 Å². The van der Waals surface area contributed by atoms with E-state index in [1.165, 1.54) is 12.8 Å². The van der Waals surface area contributed by atoms with E-state index in [9.17, 15) is 9.90 Å². The van der Waals surface area contributed by atoms with Gasteiger partial charge in [-0.05, 0) is 12.8 Å². The summed E-state index contributed by atoms with van der Waals surface area (Å²) in [6.45, 7) is 2.14. The average Bonchev–Trinajstić information content (AvgIpc) is 2.00. The van der Waals surface area contributed by atoms with Gasteiger partial charge < -0.3 is 42.9 Å². The molecular formula is C8H29N3O7S. The van der Waals surface area contributed by atoms with Gasteiger partial charge in [-0.3, -0.25) is 8.42 Å². The van der Waals surface area contributed by atoms with Gasteiger partial charge in [-0.25, -0.2) is 0 Å². The fraction of sp³-hybridized carbons (Fsp3) is 0.875.